The lowest BCUT2D eigenvalue weighted by atomic mass is 10.0. The van der Waals surface area contributed by atoms with Gasteiger partial charge in [-0.1, -0.05) is 18.2 Å². The number of benzene rings is 1. The third-order valence-electron chi connectivity index (χ3n) is 5.07. The molecule has 136 valence electrons. The average Bonchev–Trinajstić information content (AvgIpc) is 2.92. The lowest BCUT2D eigenvalue weighted by Crippen LogP contribution is -2.48. The van der Waals surface area contributed by atoms with Gasteiger partial charge in [-0.25, -0.2) is 23.5 Å². The van der Waals surface area contributed by atoms with Crippen molar-refractivity contribution < 1.29 is 9.59 Å². The van der Waals surface area contributed by atoms with Crippen molar-refractivity contribution in [1.82, 2.24) is 18.8 Å². The Hall–Kier alpha value is -2.90. The number of rotatable bonds is 2. The first kappa shape index (κ1) is 16.6. The van der Waals surface area contributed by atoms with Crippen molar-refractivity contribution in [1.29, 1.82) is 0 Å². The van der Waals surface area contributed by atoms with Crippen molar-refractivity contribution in [3.8, 4) is 5.69 Å². The molecular formula is C18H20N4O4. The van der Waals surface area contributed by atoms with Crippen LogP contribution in [0.4, 0.5) is 0 Å². The van der Waals surface area contributed by atoms with Gasteiger partial charge in [0.15, 0.2) is 5.78 Å². The summed E-state index contributed by atoms with van der Waals surface area (Å²) in [6, 6.07) is 7.60. The highest BCUT2D eigenvalue weighted by Crippen LogP contribution is 2.21. The highest BCUT2D eigenvalue weighted by Gasteiger charge is 2.37. The van der Waals surface area contributed by atoms with E-state index in [0.29, 0.717) is 18.8 Å². The summed E-state index contributed by atoms with van der Waals surface area (Å²) in [6.07, 6.45) is 2.86. The van der Waals surface area contributed by atoms with Crippen molar-refractivity contribution in [2.75, 3.05) is 13.1 Å². The smallest absolute Gasteiger partial charge is 0.341 e. The van der Waals surface area contributed by atoms with Gasteiger partial charge in [0.05, 0.1) is 5.69 Å². The minimum absolute atomic E-state index is 0.0481. The summed E-state index contributed by atoms with van der Waals surface area (Å²) in [7, 11) is 0. The van der Waals surface area contributed by atoms with Crippen LogP contribution in [-0.4, -0.2) is 43.6 Å². The SMILES string of the molecule is O=C1CC(C(=O)N2CCCCC2)n2c(=O)n(-c3ccccc3)c(=O)n2C1. The standard InChI is InChI=1S/C18H20N4O4/c23-14-11-15(16(24)19-9-5-2-6-10-19)22-18(26)21(17(25)20(22)12-14)13-7-3-1-4-8-13/h1,3-4,7-8,15H,2,5-6,9-12H2. The first-order valence-corrected chi connectivity index (χ1v) is 8.88. The van der Waals surface area contributed by atoms with Gasteiger partial charge in [-0.3, -0.25) is 9.59 Å². The molecule has 0 spiro atoms. The van der Waals surface area contributed by atoms with Crippen molar-refractivity contribution in [3.05, 3.63) is 51.3 Å². The minimum atomic E-state index is -0.945. The van der Waals surface area contributed by atoms with Crippen LogP contribution in [0.15, 0.2) is 39.9 Å². The maximum absolute atomic E-state index is 13.0. The van der Waals surface area contributed by atoms with E-state index in [1.807, 2.05) is 0 Å². The van der Waals surface area contributed by atoms with Gasteiger partial charge in [-0.15, -0.1) is 0 Å². The van der Waals surface area contributed by atoms with E-state index in [9.17, 15) is 19.2 Å². The number of aromatic nitrogens is 3. The van der Waals surface area contributed by atoms with Gasteiger partial charge >= 0.3 is 11.4 Å². The molecule has 1 amide bonds. The number of ketones is 1. The van der Waals surface area contributed by atoms with Gasteiger partial charge in [0.2, 0.25) is 5.91 Å². The van der Waals surface area contributed by atoms with Crippen LogP contribution in [0.5, 0.6) is 0 Å². The number of carbonyl (C=O) groups excluding carboxylic acids is 2. The predicted octanol–water partition coefficient (Wildman–Crippen LogP) is 0.327. The number of amides is 1. The topological polar surface area (TPSA) is 86.3 Å². The van der Waals surface area contributed by atoms with E-state index in [2.05, 4.69) is 0 Å². The molecule has 2 aliphatic rings. The minimum Gasteiger partial charge on any atom is -0.341 e. The summed E-state index contributed by atoms with van der Waals surface area (Å²) < 4.78 is 3.30. The molecule has 1 unspecified atom stereocenters. The van der Waals surface area contributed by atoms with Crippen molar-refractivity contribution >= 4 is 11.7 Å². The maximum Gasteiger partial charge on any atom is 0.352 e. The first-order chi connectivity index (χ1) is 12.6. The van der Waals surface area contributed by atoms with Gasteiger partial charge in [0, 0.05) is 19.5 Å². The van der Waals surface area contributed by atoms with Crippen molar-refractivity contribution in [2.45, 2.75) is 38.3 Å². The highest BCUT2D eigenvalue weighted by molar-refractivity contribution is 5.88. The van der Waals surface area contributed by atoms with Crippen molar-refractivity contribution in [3.63, 3.8) is 0 Å². The largest absolute Gasteiger partial charge is 0.352 e. The Bertz CT molecular complexity index is 963. The molecule has 2 aromatic rings. The number of likely N-dealkylation sites (tertiary alicyclic amines) is 1. The second kappa shape index (κ2) is 6.44. The second-order valence-electron chi connectivity index (χ2n) is 6.78. The number of hydrogen-bond donors (Lipinski definition) is 0. The van der Waals surface area contributed by atoms with Crippen LogP contribution in [0.25, 0.3) is 5.69 Å². The molecule has 0 N–H and O–H groups in total. The summed E-state index contributed by atoms with van der Waals surface area (Å²) in [4.78, 5) is 52.6. The van der Waals surface area contributed by atoms with Crippen LogP contribution in [0.1, 0.15) is 31.7 Å². The summed E-state index contributed by atoms with van der Waals surface area (Å²) in [5, 5.41) is 0. The Kier molecular flexibility index (Phi) is 4.10. The lowest BCUT2D eigenvalue weighted by molar-refractivity contribution is -0.140. The molecule has 1 saturated heterocycles. The molecule has 1 fully saturated rings. The molecule has 8 heteroatoms. The summed E-state index contributed by atoms with van der Waals surface area (Å²) in [6.45, 7) is 1.07. The molecule has 26 heavy (non-hydrogen) atoms. The molecule has 1 atom stereocenters. The molecule has 1 aromatic carbocycles. The van der Waals surface area contributed by atoms with E-state index in [1.54, 1.807) is 35.2 Å². The lowest BCUT2D eigenvalue weighted by Gasteiger charge is -2.32. The number of Topliss-reactive ketones (excluding diaryl/α,β-unsaturated/α-hetero) is 1. The number of hydrogen-bond acceptors (Lipinski definition) is 4. The first-order valence-electron chi connectivity index (χ1n) is 8.88. The van der Waals surface area contributed by atoms with Gasteiger partial charge < -0.3 is 4.90 Å². The zero-order valence-electron chi connectivity index (χ0n) is 14.3. The van der Waals surface area contributed by atoms with Crippen LogP contribution < -0.4 is 11.4 Å². The van der Waals surface area contributed by atoms with E-state index >= 15 is 0 Å². The predicted molar refractivity (Wildman–Crippen MR) is 93.4 cm³/mol. The van der Waals surface area contributed by atoms with Crippen LogP contribution in [0, 0.1) is 0 Å². The zero-order chi connectivity index (χ0) is 18.3. The summed E-state index contributed by atoms with van der Waals surface area (Å²) >= 11 is 0. The van der Waals surface area contributed by atoms with Crippen LogP contribution in [-0.2, 0) is 16.1 Å². The monoisotopic (exact) mass is 356 g/mol. The fraction of sp³-hybridized carbons (Fsp3) is 0.444. The Morgan fingerprint density at radius 3 is 2.31 bits per heavy atom. The Morgan fingerprint density at radius 2 is 1.62 bits per heavy atom. The molecule has 2 aliphatic heterocycles. The summed E-state index contributed by atoms with van der Waals surface area (Å²) in [5.74, 6) is -0.466. The Labute approximate surface area is 149 Å². The molecule has 0 radical (unpaired) electrons. The van der Waals surface area contributed by atoms with Crippen LogP contribution >= 0.6 is 0 Å². The molecule has 4 rings (SSSR count). The van der Waals surface area contributed by atoms with Gasteiger partial charge in [0.1, 0.15) is 12.6 Å². The number of nitrogens with zero attached hydrogens (tertiary/aromatic N) is 4. The highest BCUT2D eigenvalue weighted by atomic mass is 16.2. The van der Waals surface area contributed by atoms with Crippen LogP contribution in [0.2, 0.25) is 0 Å². The molecule has 3 heterocycles. The zero-order valence-corrected chi connectivity index (χ0v) is 14.3. The third kappa shape index (κ3) is 2.61. The van der Waals surface area contributed by atoms with E-state index < -0.39 is 17.4 Å². The molecule has 0 bridgehead atoms. The van der Waals surface area contributed by atoms with E-state index in [4.69, 9.17) is 0 Å². The molecule has 8 nitrogen and oxygen atoms in total. The molecule has 1 aromatic heterocycles. The van der Waals surface area contributed by atoms with E-state index in [-0.39, 0.29) is 24.7 Å². The second-order valence-corrected chi connectivity index (χ2v) is 6.78. The fourth-order valence-corrected chi connectivity index (χ4v) is 3.79. The quantitative estimate of drug-likeness (QED) is 0.776. The fourth-order valence-electron chi connectivity index (χ4n) is 3.79. The number of carbonyl (C=O) groups is 2. The van der Waals surface area contributed by atoms with Crippen LogP contribution in [0.3, 0.4) is 0 Å². The number of para-hydroxylation sites is 1. The van der Waals surface area contributed by atoms with E-state index in [0.717, 1.165) is 28.5 Å². The Morgan fingerprint density at radius 1 is 0.923 bits per heavy atom. The normalized spacial score (nSPS) is 20.1. The van der Waals surface area contributed by atoms with Crippen molar-refractivity contribution in [2.24, 2.45) is 0 Å². The molecular weight excluding hydrogens is 336 g/mol. The molecule has 0 aliphatic carbocycles. The average molecular weight is 356 g/mol. The number of fused-ring (bicyclic) bond motifs is 1. The van der Waals surface area contributed by atoms with Gasteiger partial charge in [0.25, 0.3) is 0 Å². The van der Waals surface area contributed by atoms with Gasteiger partial charge in [-0.05, 0) is 31.4 Å². The summed E-state index contributed by atoms with van der Waals surface area (Å²) in [5.41, 5.74) is -0.747. The third-order valence-corrected chi connectivity index (χ3v) is 5.07. The number of piperidine rings is 1. The van der Waals surface area contributed by atoms with Gasteiger partial charge in [-0.2, -0.15) is 0 Å². The molecule has 0 saturated carbocycles. The maximum atomic E-state index is 13.0. The van der Waals surface area contributed by atoms with E-state index in [1.165, 1.54) is 4.68 Å². The Balaban J connectivity index is 1.82.